The summed E-state index contributed by atoms with van der Waals surface area (Å²) in [6.07, 6.45) is 3.65. The largest absolute Gasteiger partial charge is 0.322 e. The van der Waals surface area contributed by atoms with E-state index in [9.17, 15) is 22.0 Å². The Morgan fingerprint density at radius 1 is 0.963 bits per heavy atom. The molecule has 8 heteroatoms. The highest BCUT2D eigenvalue weighted by Crippen LogP contribution is 2.23. The molecule has 1 N–H and O–H groups in total. The van der Waals surface area contributed by atoms with Crippen molar-refractivity contribution in [3.63, 3.8) is 0 Å². The molecule has 0 atom stereocenters. The van der Waals surface area contributed by atoms with Gasteiger partial charge in [0.2, 0.25) is 10.0 Å². The van der Waals surface area contributed by atoms with Crippen molar-refractivity contribution >= 4 is 21.6 Å². The van der Waals surface area contributed by atoms with E-state index in [1.54, 1.807) is 0 Å². The molecule has 0 bridgehead atoms. The Morgan fingerprint density at radius 2 is 1.67 bits per heavy atom. The summed E-state index contributed by atoms with van der Waals surface area (Å²) in [4.78, 5) is 12.3. The van der Waals surface area contributed by atoms with E-state index in [0.29, 0.717) is 19.2 Å². The summed E-state index contributed by atoms with van der Waals surface area (Å²) < 4.78 is 53.9. The SMILES string of the molecule is O=C(Nc1cccc(S(=O)(=O)N2CCCCCC2)c1)c1ccc(F)cc1F. The number of halogens is 2. The molecule has 0 unspecified atom stereocenters. The van der Waals surface area contributed by atoms with Crippen LogP contribution in [0.15, 0.2) is 47.4 Å². The van der Waals surface area contributed by atoms with Gasteiger partial charge in [0.15, 0.2) is 0 Å². The fourth-order valence-corrected chi connectivity index (χ4v) is 4.60. The van der Waals surface area contributed by atoms with Gasteiger partial charge in [0.25, 0.3) is 5.91 Å². The molecule has 27 heavy (non-hydrogen) atoms. The molecule has 144 valence electrons. The van der Waals surface area contributed by atoms with Crippen LogP contribution in [0.2, 0.25) is 0 Å². The molecule has 1 heterocycles. The lowest BCUT2D eigenvalue weighted by molar-refractivity contribution is 0.102. The number of benzene rings is 2. The van der Waals surface area contributed by atoms with Gasteiger partial charge in [-0.25, -0.2) is 17.2 Å². The van der Waals surface area contributed by atoms with Gasteiger partial charge in [-0.3, -0.25) is 4.79 Å². The zero-order valence-corrected chi connectivity index (χ0v) is 15.4. The standard InChI is InChI=1S/C19H20F2N2O3S/c20-14-8-9-17(18(21)12-14)19(24)22-15-6-5-7-16(13-15)27(25,26)23-10-3-1-2-4-11-23/h5-9,12-13H,1-4,10-11H2,(H,22,24). The summed E-state index contributed by atoms with van der Waals surface area (Å²) in [6, 6.07) is 8.49. The zero-order valence-electron chi connectivity index (χ0n) is 14.6. The summed E-state index contributed by atoms with van der Waals surface area (Å²) in [5.41, 5.74) is -0.100. The van der Waals surface area contributed by atoms with Crippen LogP contribution >= 0.6 is 0 Å². The minimum Gasteiger partial charge on any atom is -0.322 e. The van der Waals surface area contributed by atoms with E-state index in [0.717, 1.165) is 37.8 Å². The summed E-state index contributed by atoms with van der Waals surface area (Å²) in [5.74, 6) is -2.55. The average Bonchev–Trinajstić information content (AvgIpc) is 2.92. The molecule has 0 aromatic heterocycles. The van der Waals surface area contributed by atoms with Gasteiger partial charge < -0.3 is 5.32 Å². The van der Waals surface area contributed by atoms with Crippen LogP contribution in [0.3, 0.4) is 0 Å². The van der Waals surface area contributed by atoms with Gasteiger partial charge in [-0.1, -0.05) is 18.9 Å². The lowest BCUT2D eigenvalue weighted by Crippen LogP contribution is -2.32. The second-order valence-electron chi connectivity index (χ2n) is 6.42. The Labute approximate surface area is 157 Å². The summed E-state index contributed by atoms with van der Waals surface area (Å²) >= 11 is 0. The molecule has 0 aliphatic carbocycles. The van der Waals surface area contributed by atoms with Gasteiger partial charge in [-0.2, -0.15) is 4.31 Å². The molecule has 2 aromatic carbocycles. The average molecular weight is 394 g/mol. The lowest BCUT2D eigenvalue weighted by atomic mass is 10.2. The Kier molecular flexibility index (Phi) is 5.86. The van der Waals surface area contributed by atoms with Crippen molar-refractivity contribution in [1.82, 2.24) is 4.31 Å². The van der Waals surface area contributed by atoms with Crippen molar-refractivity contribution in [3.05, 3.63) is 59.7 Å². The minimum absolute atomic E-state index is 0.0711. The third kappa shape index (κ3) is 4.51. The first-order valence-corrected chi connectivity index (χ1v) is 10.2. The van der Waals surface area contributed by atoms with E-state index in [4.69, 9.17) is 0 Å². The number of hydrogen-bond donors (Lipinski definition) is 1. The molecule has 0 spiro atoms. The Bertz CT molecular complexity index is 940. The van der Waals surface area contributed by atoms with E-state index < -0.39 is 27.6 Å². The smallest absolute Gasteiger partial charge is 0.258 e. The van der Waals surface area contributed by atoms with E-state index >= 15 is 0 Å². The Balaban J connectivity index is 1.81. The number of carbonyl (C=O) groups excluding carboxylic acids is 1. The van der Waals surface area contributed by atoms with Crippen molar-refractivity contribution in [2.24, 2.45) is 0 Å². The fraction of sp³-hybridized carbons (Fsp3) is 0.316. The number of hydrogen-bond acceptors (Lipinski definition) is 3. The maximum Gasteiger partial charge on any atom is 0.258 e. The van der Waals surface area contributed by atoms with Gasteiger partial charge in [0, 0.05) is 24.8 Å². The highest BCUT2D eigenvalue weighted by molar-refractivity contribution is 7.89. The monoisotopic (exact) mass is 394 g/mol. The van der Waals surface area contributed by atoms with Crippen molar-refractivity contribution in [3.8, 4) is 0 Å². The normalized spacial score (nSPS) is 15.9. The summed E-state index contributed by atoms with van der Waals surface area (Å²) in [6.45, 7) is 0.944. The minimum atomic E-state index is -3.66. The molecule has 2 aromatic rings. The quantitative estimate of drug-likeness (QED) is 0.858. The fourth-order valence-electron chi connectivity index (χ4n) is 3.04. The molecule has 1 aliphatic heterocycles. The van der Waals surface area contributed by atoms with Crippen molar-refractivity contribution < 1.29 is 22.0 Å². The molecule has 1 saturated heterocycles. The number of rotatable bonds is 4. The van der Waals surface area contributed by atoms with Crippen LogP contribution in [0.5, 0.6) is 0 Å². The summed E-state index contributed by atoms with van der Waals surface area (Å²) in [7, 11) is -3.66. The first-order chi connectivity index (χ1) is 12.9. The van der Waals surface area contributed by atoms with Gasteiger partial charge in [0.05, 0.1) is 10.5 Å². The topological polar surface area (TPSA) is 66.5 Å². The van der Waals surface area contributed by atoms with Crippen molar-refractivity contribution in [2.75, 3.05) is 18.4 Å². The molecular weight excluding hydrogens is 374 g/mol. The van der Waals surface area contributed by atoms with Crippen LogP contribution in [0.25, 0.3) is 0 Å². The van der Waals surface area contributed by atoms with Gasteiger partial charge in [-0.15, -0.1) is 0 Å². The van der Waals surface area contributed by atoms with E-state index in [-0.39, 0.29) is 16.1 Å². The number of sulfonamides is 1. The van der Waals surface area contributed by atoms with E-state index in [2.05, 4.69) is 5.32 Å². The molecule has 3 rings (SSSR count). The highest BCUT2D eigenvalue weighted by Gasteiger charge is 2.25. The second-order valence-corrected chi connectivity index (χ2v) is 8.36. The third-order valence-electron chi connectivity index (χ3n) is 4.47. The molecule has 1 amide bonds. The predicted octanol–water partition coefficient (Wildman–Crippen LogP) is 3.78. The third-order valence-corrected chi connectivity index (χ3v) is 6.37. The molecule has 1 aliphatic rings. The van der Waals surface area contributed by atoms with Crippen molar-refractivity contribution in [1.29, 1.82) is 0 Å². The molecule has 0 saturated carbocycles. The summed E-state index contributed by atoms with van der Waals surface area (Å²) in [5, 5.41) is 2.46. The lowest BCUT2D eigenvalue weighted by Gasteiger charge is -2.20. The molecule has 0 radical (unpaired) electrons. The number of anilines is 1. The predicted molar refractivity (Wildman–Crippen MR) is 98.0 cm³/mol. The van der Waals surface area contributed by atoms with Crippen LogP contribution in [0.4, 0.5) is 14.5 Å². The number of nitrogens with one attached hydrogen (secondary N) is 1. The number of nitrogens with zero attached hydrogens (tertiary/aromatic N) is 1. The Morgan fingerprint density at radius 3 is 2.33 bits per heavy atom. The van der Waals surface area contributed by atoms with Crippen LogP contribution in [0, 0.1) is 11.6 Å². The van der Waals surface area contributed by atoms with E-state index in [1.807, 2.05) is 0 Å². The van der Waals surface area contributed by atoms with Crippen LogP contribution in [-0.2, 0) is 10.0 Å². The van der Waals surface area contributed by atoms with Crippen LogP contribution in [-0.4, -0.2) is 31.7 Å². The molecule has 1 fully saturated rings. The second kappa shape index (κ2) is 8.14. The number of amides is 1. The van der Waals surface area contributed by atoms with Crippen molar-refractivity contribution in [2.45, 2.75) is 30.6 Å². The van der Waals surface area contributed by atoms with Gasteiger partial charge in [-0.05, 0) is 43.2 Å². The Hall–Kier alpha value is -2.32. The molecular formula is C19H20F2N2O3S. The maximum atomic E-state index is 13.8. The van der Waals surface area contributed by atoms with Crippen LogP contribution < -0.4 is 5.32 Å². The van der Waals surface area contributed by atoms with Crippen LogP contribution in [0.1, 0.15) is 36.0 Å². The van der Waals surface area contributed by atoms with Gasteiger partial charge in [0.1, 0.15) is 11.6 Å². The van der Waals surface area contributed by atoms with Gasteiger partial charge >= 0.3 is 0 Å². The highest BCUT2D eigenvalue weighted by atomic mass is 32.2. The number of carbonyl (C=O) groups is 1. The maximum absolute atomic E-state index is 13.8. The first-order valence-electron chi connectivity index (χ1n) is 8.74. The zero-order chi connectivity index (χ0) is 19.4. The van der Waals surface area contributed by atoms with E-state index in [1.165, 1.54) is 28.6 Å². The molecule has 5 nitrogen and oxygen atoms in total. The first kappa shape index (κ1) is 19.4.